The lowest BCUT2D eigenvalue weighted by Crippen LogP contribution is -2.54. The van der Waals surface area contributed by atoms with Gasteiger partial charge in [0.15, 0.2) is 12.6 Å². The van der Waals surface area contributed by atoms with Crippen molar-refractivity contribution >= 4 is 0 Å². The van der Waals surface area contributed by atoms with Crippen molar-refractivity contribution < 1.29 is 86.6 Å². The minimum Gasteiger partial charge on any atom is -0.508 e. The standard InChI is InChI=1S/C23H26F6O4.C15H10F6O2.C4H8O/c1-5-30-15(3)32-19-11-7-17(8-12-19)21(22(24,25)26,23(27,28)29)18-9-13-20(14-10-18)33-16(4)31-6-2;16-14(17,18)13(15(19,20)21,9-1-5-11(22)6-2-9)10-3-7-12(23)8-4-10;1-3-5-4-2/h7-16H,5-6H2,1-4H3;1-8,22-23H;3H,1,4H2,2H3. The van der Waals surface area contributed by atoms with Gasteiger partial charge in [-0.05, 0) is 105 Å². The predicted molar refractivity (Wildman–Crippen MR) is 200 cm³/mol. The number of alkyl halides is 12. The molecular weight excluding hydrogens is 844 g/mol. The molecule has 0 aliphatic carbocycles. The SMILES string of the molecule is C=COCC.CCOC(C)Oc1ccc(C(c2ccc(OC(C)OCC)cc2)(C(F)(F)F)C(F)(F)F)cc1.Oc1ccc(C(c2ccc(O)cc2)(C(F)(F)F)C(F)(F)F)cc1. The van der Waals surface area contributed by atoms with Crippen LogP contribution in [0, 0.1) is 0 Å². The summed E-state index contributed by atoms with van der Waals surface area (Å²) >= 11 is 0. The molecule has 0 saturated heterocycles. The molecule has 0 bridgehead atoms. The predicted octanol–water partition coefficient (Wildman–Crippen LogP) is 12.3. The lowest BCUT2D eigenvalue weighted by molar-refractivity contribution is -0.290. The summed E-state index contributed by atoms with van der Waals surface area (Å²) in [5.74, 6) is -0.770. The van der Waals surface area contributed by atoms with Crippen LogP contribution in [0.1, 0.15) is 56.9 Å². The van der Waals surface area contributed by atoms with Gasteiger partial charge in [0.25, 0.3) is 0 Å². The highest BCUT2D eigenvalue weighted by molar-refractivity contribution is 5.48. The van der Waals surface area contributed by atoms with E-state index in [0.29, 0.717) is 37.5 Å². The van der Waals surface area contributed by atoms with Crippen molar-refractivity contribution in [2.24, 2.45) is 0 Å². The maximum absolute atomic E-state index is 14.2. The van der Waals surface area contributed by atoms with E-state index < -0.39 is 81.9 Å². The zero-order chi connectivity index (χ0) is 46.5. The van der Waals surface area contributed by atoms with E-state index in [2.05, 4.69) is 11.3 Å². The summed E-state index contributed by atoms with van der Waals surface area (Å²) in [5.41, 5.74) is -12.7. The largest absolute Gasteiger partial charge is 0.508 e. The van der Waals surface area contributed by atoms with Crippen LogP contribution in [0.3, 0.4) is 0 Å². The minimum absolute atomic E-state index is 0.0756. The molecule has 61 heavy (non-hydrogen) atoms. The second-order valence-electron chi connectivity index (χ2n) is 12.5. The molecule has 0 amide bonds. The summed E-state index contributed by atoms with van der Waals surface area (Å²) in [5, 5.41) is 18.3. The number of rotatable bonds is 14. The Hall–Kier alpha value is -5.30. The number of halogens is 12. The van der Waals surface area contributed by atoms with Gasteiger partial charge in [-0.15, -0.1) is 0 Å². The number of phenolic OH excluding ortho intramolecular Hbond substituents is 2. The molecule has 0 aliphatic rings. The van der Waals surface area contributed by atoms with E-state index in [1.807, 2.05) is 6.92 Å². The van der Waals surface area contributed by atoms with Crippen LogP contribution in [0.2, 0.25) is 0 Å². The number of hydrogen-bond acceptors (Lipinski definition) is 7. The van der Waals surface area contributed by atoms with Crippen LogP contribution in [0.4, 0.5) is 52.7 Å². The molecule has 338 valence electrons. The summed E-state index contributed by atoms with van der Waals surface area (Å²) in [6.07, 6.45) is -22.8. The first kappa shape index (κ1) is 51.8. The van der Waals surface area contributed by atoms with Gasteiger partial charge < -0.3 is 33.9 Å². The Kier molecular flexibility index (Phi) is 18.3. The first-order valence-corrected chi connectivity index (χ1v) is 18.1. The molecule has 0 spiro atoms. The van der Waals surface area contributed by atoms with E-state index in [-0.39, 0.29) is 11.5 Å². The van der Waals surface area contributed by atoms with Crippen molar-refractivity contribution in [1.29, 1.82) is 0 Å². The second-order valence-corrected chi connectivity index (χ2v) is 12.5. The monoisotopic (exact) mass is 888 g/mol. The van der Waals surface area contributed by atoms with Gasteiger partial charge in [0.05, 0.1) is 12.9 Å². The van der Waals surface area contributed by atoms with Crippen molar-refractivity contribution in [1.82, 2.24) is 0 Å². The van der Waals surface area contributed by atoms with Crippen molar-refractivity contribution in [3.8, 4) is 23.0 Å². The van der Waals surface area contributed by atoms with Crippen molar-refractivity contribution in [3.05, 3.63) is 132 Å². The van der Waals surface area contributed by atoms with Crippen LogP contribution in [0.5, 0.6) is 23.0 Å². The van der Waals surface area contributed by atoms with Gasteiger partial charge in [0.2, 0.25) is 10.8 Å². The molecule has 2 N–H and O–H groups in total. The molecule has 2 unspecified atom stereocenters. The molecule has 7 nitrogen and oxygen atoms in total. The van der Waals surface area contributed by atoms with Crippen LogP contribution in [0.15, 0.2) is 110 Å². The van der Waals surface area contributed by atoms with Gasteiger partial charge in [-0.2, -0.15) is 52.7 Å². The summed E-state index contributed by atoms with van der Waals surface area (Å²) in [6, 6.07) is 12.6. The number of hydrogen-bond donors (Lipinski definition) is 2. The molecule has 19 heteroatoms. The molecule has 0 saturated carbocycles. The number of phenols is 2. The average molecular weight is 889 g/mol. The summed E-state index contributed by atoms with van der Waals surface area (Å²) in [7, 11) is 0. The van der Waals surface area contributed by atoms with Crippen LogP contribution in [-0.2, 0) is 25.0 Å². The summed E-state index contributed by atoms with van der Waals surface area (Å²) in [6.45, 7) is 13.2. The van der Waals surface area contributed by atoms with E-state index in [1.54, 1.807) is 27.7 Å². The number of benzene rings is 4. The lowest BCUT2D eigenvalue weighted by Gasteiger charge is -2.38. The van der Waals surface area contributed by atoms with E-state index in [9.17, 15) is 52.7 Å². The highest BCUT2D eigenvalue weighted by atomic mass is 19.4. The Bertz CT molecular complexity index is 1760. The highest BCUT2D eigenvalue weighted by Gasteiger charge is 2.73. The Morgan fingerprint density at radius 3 is 0.885 bits per heavy atom. The zero-order valence-electron chi connectivity index (χ0n) is 33.3. The van der Waals surface area contributed by atoms with Crippen LogP contribution in [-0.4, -0.2) is 67.3 Å². The van der Waals surface area contributed by atoms with Crippen molar-refractivity contribution in [3.63, 3.8) is 0 Å². The minimum atomic E-state index is -5.70. The maximum Gasteiger partial charge on any atom is 0.411 e. The molecule has 0 aliphatic heterocycles. The fourth-order valence-electron chi connectivity index (χ4n) is 5.99. The van der Waals surface area contributed by atoms with Gasteiger partial charge in [-0.3, -0.25) is 0 Å². The van der Waals surface area contributed by atoms with E-state index in [0.717, 1.165) is 79.4 Å². The van der Waals surface area contributed by atoms with Crippen LogP contribution >= 0.6 is 0 Å². The van der Waals surface area contributed by atoms with Crippen LogP contribution < -0.4 is 9.47 Å². The quantitative estimate of drug-likeness (QED) is 0.0741. The molecule has 0 fully saturated rings. The fraction of sp³-hybridized carbons (Fsp3) is 0.381. The molecule has 4 aromatic carbocycles. The Morgan fingerprint density at radius 1 is 0.459 bits per heavy atom. The first-order valence-electron chi connectivity index (χ1n) is 18.1. The second kappa shape index (κ2) is 21.5. The third-order valence-corrected chi connectivity index (χ3v) is 8.57. The number of ether oxygens (including phenoxy) is 5. The summed E-state index contributed by atoms with van der Waals surface area (Å²) < 4.78 is 193. The smallest absolute Gasteiger partial charge is 0.411 e. The van der Waals surface area contributed by atoms with E-state index >= 15 is 0 Å². The lowest BCUT2D eigenvalue weighted by atomic mass is 9.73. The van der Waals surface area contributed by atoms with Gasteiger partial charge in [0.1, 0.15) is 23.0 Å². The van der Waals surface area contributed by atoms with E-state index in [1.165, 1.54) is 6.26 Å². The molecule has 0 aromatic heterocycles. The number of aromatic hydroxyl groups is 2. The van der Waals surface area contributed by atoms with Gasteiger partial charge >= 0.3 is 24.7 Å². The zero-order valence-corrected chi connectivity index (χ0v) is 33.3. The Balaban J connectivity index is 0.000000396. The molecular formula is C42H44F12O7. The van der Waals surface area contributed by atoms with E-state index in [4.69, 9.17) is 29.2 Å². The maximum atomic E-state index is 14.2. The Labute approximate surface area is 344 Å². The first-order chi connectivity index (χ1) is 28.3. The molecule has 0 radical (unpaired) electrons. The van der Waals surface area contributed by atoms with Crippen molar-refractivity contribution in [2.45, 2.75) is 82.7 Å². The fourth-order valence-corrected chi connectivity index (χ4v) is 5.99. The van der Waals surface area contributed by atoms with Gasteiger partial charge in [-0.25, -0.2) is 0 Å². The molecule has 0 heterocycles. The molecule has 4 rings (SSSR count). The van der Waals surface area contributed by atoms with Crippen molar-refractivity contribution in [2.75, 3.05) is 19.8 Å². The third kappa shape index (κ3) is 12.4. The average Bonchev–Trinajstić information content (AvgIpc) is 3.14. The normalized spacial score (nSPS) is 13.4. The third-order valence-electron chi connectivity index (χ3n) is 8.57. The molecule has 4 aromatic rings. The topological polar surface area (TPSA) is 86.6 Å². The highest BCUT2D eigenvalue weighted by Crippen LogP contribution is 2.58. The van der Waals surface area contributed by atoms with Crippen LogP contribution in [0.25, 0.3) is 0 Å². The van der Waals surface area contributed by atoms with Gasteiger partial charge in [0, 0.05) is 13.2 Å². The summed E-state index contributed by atoms with van der Waals surface area (Å²) in [4.78, 5) is 0. The van der Waals surface area contributed by atoms with Gasteiger partial charge in [-0.1, -0.05) is 55.1 Å². The Morgan fingerprint density at radius 2 is 0.705 bits per heavy atom. The molecule has 2 atom stereocenters.